The lowest BCUT2D eigenvalue weighted by atomic mass is 10.2. The number of nitrogens with zero attached hydrogens (tertiary/aromatic N) is 2. The van der Waals surface area contributed by atoms with Crippen molar-refractivity contribution in [3.05, 3.63) is 46.1 Å². The average Bonchev–Trinajstić information content (AvgIpc) is 2.85. The van der Waals surface area contributed by atoms with Gasteiger partial charge in [-0.3, -0.25) is 0 Å². The van der Waals surface area contributed by atoms with Crippen LogP contribution >= 0.6 is 22.9 Å². The maximum atomic E-state index is 5.99. The molecule has 21 heavy (non-hydrogen) atoms. The summed E-state index contributed by atoms with van der Waals surface area (Å²) in [5, 5.41) is 4.58. The molecule has 4 nitrogen and oxygen atoms in total. The molecular formula is C15H14ClN3OS. The van der Waals surface area contributed by atoms with E-state index in [1.165, 1.54) is 4.88 Å². The van der Waals surface area contributed by atoms with Crippen molar-refractivity contribution in [1.82, 2.24) is 9.97 Å². The second-order valence-electron chi connectivity index (χ2n) is 4.58. The number of hydrogen-bond acceptors (Lipinski definition) is 5. The molecule has 2 aromatic heterocycles. The van der Waals surface area contributed by atoms with E-state index in [4.69, 9.17) is 16.3 Å². The number of fused-ring (bicyclic) bond motifs is 1. The molecule has 0 unspecified atom stereocenters. The van der Waals surface area contributed by atoms with Crippen LogP contribution in [-0.2, 0) is 6.54 Å². The van der Waals surface area contributed by atoms with Crippen molar-refractivity contribution in [2.45, 2.75) is 13.5 Å². The van der Waals surface area contributed by atoms with Gasteiger partial charge in [0.05, 0.1) is 12.5 Å². The fourth-order valence-electron chi connectivity index (χ4n) is 2.18. The summed E-state index contributed by atoms with van der Waals surface area (Å²) < 4.78 is 5.35. The van der Waals surface area contributed by atoms with Gasteiger partial charge in [0.1, 0.15) is 16.4 Å². The Morgan fingerprint density at radius 2 is 2.10 bits per heavy atom. The van der Waals surface area contributed by atoms with Crippen LogP contribution in [0.25, 0.3) is 10.2 Å². The first-order valence-electron chi connectivity index (χ1n) is 6.47. The molecule has 3 aromatic rings. The molecule has 108 valence electrons. The van der Waals surface area contributed by atoms with Gasteiger partial charge in [0, 0.05) is 17.0 Å². The van der Waals surface area contributed by atoms with Gasteiger partial charge in [0.15, 0.2) is 0 Å². The molecule has 0 aliphatic carbocycles. The van der Waals surface area contributed by atoms with Crippen LogP contribution in [0.4, 0.5) is 5.82 Å². The van der Waals surface area contributed by atoms with E-state index in [9.17, 15) is 0 Å². The molecule has 6 heteroatoms. The lowest BCUT2D eigenvalue weighted by Crippen LogP contribution is -2.04. The highest BCUT2D eigenvalue weighted by Crippen LogP contribution is 2.30. The quantitative estimate of drug-likeness (QED) is 0.729. The third kappa shape index (κ3) is 2.94. The summed E-state index contributed by atoms with van der Waals surface area (Å²) >= 11 is 7.60. The molecule has 1 N–H and O–H groups in total. The number of ether oxygens (including phenoxy) is 1. The highest BCUT2D eigenvalue weighted by atomic mass is 35.5. The minimum absolute atomic E-state index is 0.256. The average molecular weight is 320 g/mol. The largest absolute Gasteiger partial charge is 0.496 e. The molecule has 0 radical (unpaired) electrons. The van der Waals surface area contributed by atoms with Gasteiger partial charge in [0.2, 0.25) is 5.28 Å². The fraction of sp³-hybridized carbons (Fsp3) is 0.200. The second kappa shape index (κ2) is 5.87. The number of para-hydroxylation sites is 1. The molecule has 0 atom stereocenters. The Hall–Kier alpha value is -1.85. The Kier molecular flexibility index (Phi) is 3.94. The molecule has 1 aromatic carbocycles. The van der Waals surface area contributed by atoms with Crippen molar-refractivity contribution in [3.8, 4) is 5.75 Å². The van der Waals surface area contributed by atoms with Gasteiger partial charge >= 0.3 is 0 Å². The summed E-state index contributed by atoms with van der Waals surface area (Å²) in [5.41, 5.74) is 1.06. The molecule has 0 amide bonds. The van der Waals surface area contributed by atoms with Crippen LogP contribution in [0.1, 0.15) is 10.4 Å². The first-order valence-corrected chi connectivity index (χ1v) is 7.66. The number of rotatable bonds is 4. The molecule has 2 heterocycles. The number of aryl methyl sites for hydroxylation is 1. The molecule has 0 fully saturated rings. The zero-order chi connectivity index (χ0) is 14.8. The normalized spacial score (nSPS) is 10.8. The Morgan fingerprint density at radius 1 is 1.29 bits per heavy atom. The van der Waals surface area contributed by atoms with Gasteiger partial charge in [-0.25, -0.2) is 9.97 Å². The first kappa shape index (κ1) is 14.1. The summed E-state index contributed by atoms with van der Waals surface area (Å²) in [5.74, 6) is 1.60. The van der Waals surface area contributed by atoms with Crippen molar-refractivity contribution in [3.63, 3.8) is 0 Å². The lowest BCUT2D eigenvalue weighted by molar-refractivity contribution is 0.410. The monoisotopic (exact) mass is 319 g/mol. The maximum absolute atomic E-state index is 5.99. The Bertz CT molecular complexity index is 788. The highest BCUT2D eigenvalue weighted by molar-refractivity contribution is 7.18. The van der Waals surface area contributed by atoms with Gasteiger partial charge in [-0.05, 0) is 30.7 Å². The van der Waals surface area contributed by atoms with Crippen molar-refractivity contribution in [2.75, 3.05) is 12.4 Å². The zero-order valence-corrected chi connectivity index (χ0v) is 13.3. The van der Waals surface area contributed by atoms with Crippen molar-refractivity contribution < 1.29 is 4.74 Å². The van der Waals surface area contributed by atoms with Gasteiger partial charge < -0.3 is 10.1 Å². The van der Waals surface area contributed by atoms with Gasteiger partial charge in [0.25, 0.3) is 0 Å². The van der Waals surface area contributed by atoms with Crippen LogP contribution in [0.5, 0.6) is 5.75 Å². The van der Waals surface area contributed by atoms with Crippen LogP contribution < -0.4 is 10.1 Å². The summed E-state index contributed by atoms with van der Waals surface area (Å²) in [7, 11) is 1.67. The van der Waals surface area contributed by atoms with Crippen molar-refractivity contribution in [2.24, 2.45) is 0 Å². The van der Waals surface area contributed by atoms with E-state index in [2.05, 4.69) is 21.4 Å². The van der Waals surface area contributed by atoms with E-state index < -0.39 is 0 Å². The minimum Gasteiger partial charge on any atom is -0.496 e. The number of halogens is 1. The number of aromatic nitrogens is 2. The fourth-order valence-corrected chi connectivity index (χ4v) is 3.28. The predicted molar refractivity (Wildman–Crippen MR) is 87.5 cm³/mol. The van der Waals surface area contributed by atoms with Gasteiger partial charge in [-0.1, -0.05) is 18.2 Å². The number of nitrogens with one attached hydrogen (secondary N) is 1. The molecule has 0 aliphatic heterocycles. The summed E-state index contributed by atoms with van der Waals surface area (Å²) in [6, 6.07) is 9.96. The Balaban J connectivity index is 1.91. The van der Waals surface area contributed by atoms with E-state index in [0.29, 0.717) is 6.54 Å². The van der Waals surface area contributed by atoms with E-state index in [1.807, 2.05) is 31.2 Å². The lowest BCUT2D eigenvalue weighted by Gasteiger charge is -2.10. The molecule has 0 spiro atoms. The molecule has 0 saturated carbocycles. The molecular weight excluding hydrogens is 306 g/mol. The molecule has 0 bridgehead atoms. The van der Waals surface area contributed by atoms with E-state index in [-0.39, 0.29) is 5.28 Å². The van der Waals surface area contributed by atoms with Crippen molar-refractivity contribution in [1.29, 1.82) is 0 Å². The maximum Gasteiger partial charge on any atom is 0.225 e. The highest BCUT2D eigenvalue weighted by Gasteiger charge is 2.10. The summed E-state index contributed by atoms with van der Waals surface area (Å²) in [6.07, 6.45) is 0. The SMILES string of the molecule is COc1ccccc1CNc1nc(Cl)nc2sc(C)cc12. The minimum atomic E-state index is 0.256. The third-order valence-corrected chi connectivity index (χ3v) is 4.24. The summed E-state index contributed by atoms with van der Waals surface area (Å²) in [4.78, 5) is 10.6. The van der Waals surface area contributed by atoms with Crippen LogP contribution in [-0.4, -0.2) is 17.1 Å². The van der Waals surface area contributed by atoms with E-state index in [1.54, 1.807) is 18.4 Å². The van der Waals surface area contributed by atoms with Gasteiger partial charge in [-0.2, -0.15) is 0 Å². The second-order valence-corrected chi connectivity index (χ2v) is 6.16. The van der Waals surface area contributed by atoms with Crippen LogP contribution in [0.3, 0.4) is 0 Å². The number of hydrogen-bond donors (Lipinski definition) is 1. The number of thiophene rings is 1. The number of anilines is 1. The van der Waals surface area contributed by atoms with Crippen LogP contribution in [0.15, 0.2) is 30.3 Å². The third-order valence-electron chi connectivity index (χ3n) is 3.13. The first-order chi connectivity index (χ1) is 10.2. The van der Waals surface area contributed by atoms with E-state index >= 15 is 0 Å². The summed E-state index contributed by atoms with van der Waals surface area (Å²) in [6.45, 7) is 2.66. The van der Waals surface area contributed by atoms with Crippen molar-refractivity contribution >= 4 is 39.0 Å². The molecule has 0 aliphatic rings. The number of methoxy groups -OCH3 is 1. The van der Waals surface area contributed by atoms with Crippen LogP contribution in [0.2, 0.25) is 5.28 Å². The Morgan fingerprint density at radius 3 is 2.90 bits per heavy atom. The Labute approximate surface area is 131 Å². The van der Waals surface area contributed by atoms with Crippen LogP contribution in [0, 0.1) is 6.92 Å². The number of benzene rings is 1. The van der Waals surface area contributed by atoms with E-state index in [0.717, 1.165) is 27.3 Å². The standard InChI is InChI=1S/C15H14ClN3OS/c1-9-7-11-13(18-15(16)19-14(11)21-9)17-8-10-5-3-4-6-12(10)20-2/h3-7H,8H2,1-2H3,(H,17,18,19). The topological polar surface area (TPSA) is 47.0 Å². The molecule has 3 rings (SSSR count). The smallest absolute Gasteiger partial charge is 0.225 e. The zero-order valence-electron chi connectivity index (χ0n) is 11.7. The van der Waals surface area contributed by atoms with Gasteiger partial charge in [-0.15, -0.1) is 11.3 Å². The molecule has 0 saturated heterocycles. The predicted octanol–water partition coefficient (Wildman–Crippen LogP) is 4.27.